The fraction of sp³-hybridized carbons (Fsp3) is 0.0417. The second-order valence-electron chi connectivity index (χ2n) is 6.62. The van der Waals surface area contributed by atoms with Crippen LogP contribution in [0.3, 0.4) is 0 Å². The normalized spacial score (nSPS) is 11.2. The molecule has 0 aliphatic heterocycles. The molecule has 0 atom stereocenters. The highest BCUT2D eigenvalue weighted by Gasteiger charge is 2.16. The molecule has 5 rings (SSSR count). The number of imidazole rings is 1. The first-order valence-corrected chi connectivity index (χ1v) is 9.98. The lowest BCUT2D eigenvalue weighted by molar-refractivity contribution is 0.276. The van der Waals surface area contributed by atoms with Crippen molar-refractivity contribution in [2.24, 2.45) is 0 Å². The molecule has 0 aliphatic rings. The van der Waals surface area contributed by atoms with E-state index in [-0.39, 0.29) is 6.61 Å². The molecule has 0 amide bonds. The predicted octanol–water partition coefficient (Wildman–Crippen LogP) is 5.89. The van der Waals surface area contributed by atoms with Crippen LogP contribution in [0, 0.1) is 0 Å². The second-order valence-corrected chi connectivity index (χ2v) is 7.63. The average molecular weight is 382 g/mol. The number of aromatic nitrogens is 2. The van der Waals surface area contributed by atoms with Crippen LogP contribution in [0.15, 0.2) is 91.1 Å². The Morgan fingerprint density at radius 1 is 0.714 bits per heavy atom. The minimum absolute atomic E-state index is 0.0537. The maximum Gasteiger partial charge on any atom is 0.195 e. The molecule has 4 heteroatoms. The van der Waals surface area contributed by atoms with Crippen molar-refractivity contribution in [3.05, 3.63) is 96.8 Å². The van der Waals surface area contributed by atoms with Crippen LogP contribution < -0.4 is 0 Å². The van der Waals surface area contributed by atoms with Gasteiger partial charge in [0.05, 0.1) is 22.9 Å². The van der Waals surface area contributed by atoms with E-state index in [0.717, 1.165) is 32.4 Å². The molecule has 3 aromatic carbocycles. The number of hydrogen-bond donors (Lipinski definition) is 1. The van der Waals surface area contributed by atoms with E-state index >= 15 is 0 Å². The molecule has 0 radical (unpaired) electrons. The smallest absolute Gasteiger partial charge is 0.195 e. The largest absolute Gasteiger partial charge is 0.390 e. The third-order valence-electron chi connectivity index (χ3n) is 4.90. The zero-order chi connectivity index (χ0) is 18.9. The number of aliphatic hydroxyl groups is 1. The van der Waals surface area contributed by atoms with E-state index in [1.54, 1.807) is 11.3 Å². The first-order chi connectivity index (χ1) is 13.8. The predicted molar refractivity (Wildman–Crippen MR) is 115 cm³/mol. The molecule has 3 nitrogen and oxygen atoms in total. The van der Waals surface area contributed by atoms with Gasteiger partial charge in [-0.1, -0.05) is 96.3 Å². The summed E-state index contributed by atoms with van der Waals surface area (Å²) in [7, 11) is 0. The lowest BCUT2D eigenvalue weighted by Crippen LogP contribution is -1.92. The minimum Gasteiger partial charge on any atom is -0.390 e. The molecule has 0 unspecified atom stereocenters. The van der Waals surface area contributed by atoms with E-state index in [1.165, 1.54) is 11.1 Å². The van der Waals surface area contributed by atoms with E-state index in [9.17, 15) is 5.11 Å². The highest BCUT2D eigenvalue weighted by molar-refractivity contribution is 7.20. The topological polar surface area (TPSA) is 37.5 Å². The van der Waals surface area contributed by atoms with Crippen LogP contribution in [0.25, 0.3) is 37.8 Å². The molecule has 2 aromatic heterocycles. The van der Waals surface area contributed by atoms with Crippen LogP contribution in [-0.4, -0.2) is 14.5 Å². The van der Waals surface area contributed by atoms with Crippen molar-refractivity contribution in [1.82, 2.24) is 9.38 Å². The Hall–Kier alpha value is -3.21. The summed E-state index contributed by atoms with van der Waals surface area (Å²) in [4.78, 5) is 6.86. The van der Waals surface area contributed by atoms with Gasteiger partial charge in [-0.2, -0.15) is 0 Å². The summed E-state index contributed by atoms with van der Waals surface area (Å²) in [6, 6.07) is 28.9. The molecule has 2 heterocycles. The van der Waals surface area contributed by atoms with Crippen molar-refractivity contribution in [1.29, 1.82) is 0 Å². The number of thiazole rings is 1. The van der Waals surface area contributed by atoms with Gasteiger partial charge in [-0.05, 0) is 16.7 Å². The van der Waals surface area contributed by atoms with Gasteiger partial charge in [0, 0.05) is 11.8 Å². The van der Waals surface area contributed by atoms with E-state index in [1.807, 2.05) is 40.8 Å². The quantitative estimate of drug-likeness (QED) is 0.421. The summed E-state index contributed by atoms with van der Waals surface area (Å²) in [5.74, 6) is 0. The number of nitrogens with zero attached hydrogens (tertiary/aromatic N) is 2. The summed E-state index contributed by atoms with van der Waals surface area (Å²) >= 11 is 1.64. The number of aliphatic hydroxyl groups excluding tert-OH is 1. The lowest BCUT2D eigenvalue weighted by atomic mass is 10.0. The van der Waals surface area contributed by atoms with Gasteiger partial charge < -0.3 is 5.11 Å². The molecule has 0 saturated carbocycles. The number of hydrogen-bond acceptors (Lipinski definition) is 3. The van der Waals surface area contributed by atoms with Crippen LogP contribution >= 0.6 is 11.3 Å². The van der Waals surface area contributed by atoms with Crippen molar-refractivity contribution in [2.75, 3.05) is 0 Å². The van der Waals surface area contributed by atoms with Crippen LogP contribution in [0.5, 0.6) is 0 Å². The van der Waals surface area contributed by atoms with E-state index in [4.69, 9.17) is 4.98 Å². The minimum atomic E-state index is -0.0537. The van der Waals surface area contributed by atoms with Crippen molar-refractivity contribution >= 4 is 16.3 Å². The fourth-order valence-corrected chi connectivity index (χ4v) is 4.47. The van der Waals surface area contributed by atoms with Crippen LogP contribution in [0.1, 0.15) is 5.69 Å². The first-order valence-electron chi connectivity index (χ1n) is 9.16. The highest BCUT2D eigenvalue weighted by Crippen LogP contribution is 2.34. The monoisotopic (exact) mass is 382 g/mol. The van der Waals surface area contributed by atoms with E-state index in [2.05, 4.69) is 54.7 Å². The second kappa shape index (κ2) is 7.08. The molecule has 0 bridgehead atoms. The summed E-state index contributed by atoms with van der Waals surface area (Å²) in [6.07, 6.45) is 2.07. The Kier molecular flexibility index (Phi) is 4.28. The molecule has 28 heavy (non-hydrogen) atoms. The van der Waals surface area contributed by atoms with Crippen LogP contribution in [0.4, 0.5) is 0 Å². The van der Waals surface area contributed by atoms with Gasteiger partial charge in [0.15, 0.2) is 4.96 Å². The van der Waals surface area contributed by atoms with Gasteiger partial charge in [-0.3, -0.25) is 4.40 Å². The lowest BCUT2D eigenvalue weighted by Gasteiger charge is -2.05. The van der Waals surface area contributed by atoms with Crippen LogP contribution in [-0.2, 0) is 6.61 Å². The molecular formula is C24H18N2OS. The van der Waals surface area contributed by atoms with Gasteiger partial charge in [0.25, 0.3) is 0 Å². The maximum atomic E-state index is 10.0. The van der Waals surface area contributed by atoms with E-state index in [0.29, 0.717) is 0 Å². The number of benzene rings is 3. The number of rotatable bonds is 4. The summed E-state index contributed by atoms with van der Waals surface area (Å²) in [5, 5.41) is 10.0. The summed E-state index contributed by atoms with van der Waals surface area (Å²) < 4.78 is 2.01. The summed E-state index contributed by atoms with van der Waals surface area (Å²) in [6.45, 7) is -0.0537. The molecule has 0 fully saturated rings. The zero-order valence-electron chi connectivity index (χ0n) is 15.1. The SMILES string of the molecule is OCc1c(-c2ccc(-c3ccccc3)cc2)nc2sc(-c3ccccc3)cn12. The molecular weight excluding hydrogens is 364 g/mol. The van der Waals surface area contributed by atoms with Gasteiger partial charge in [-0.15, -0.1) is 0 Å². The van der Waals surface area contributed by atoms with Gasteiger partial charge >= 0.3 is 0 Å². The Labute approximate surface area is 167 Å². The molecule has 1 N–H and O–H groups in total. The fourth-order valence-electron chi connectivity index (χ4n) is 3.46. The van der Waals surface area contributed by atoms with Crippen molar-refractivity contribution in [2.45, 2.75) is 6.61 Å². The van der Waals surface area contributed by atoms with Crippen molar-refractivity contribution in [3.63, 3.8) is 0 Å². The standard InChI is InChI=1S/C24H18N2OS/c27-16-21-23(20-13-11-18(12-14-20)17-7-3-1-4-8-17)25-24-26(21)15-22(28-24)19-9-5-2-6-10-19/h1-15,27H,16H2. The Morgan fingerprint density at radius 2 is 1.29 bits per heavy atom. The molecule has 0 spiro atoms. The maximum absolute atomic E-state index is 10.0. The third kappa shape index (κ3) is 2.93. The number of fused-ring (bicyclic) bond motifs is 1. The zero-order valence-corrected chi connectivity index (χ0v) is 15.9. The van der Waals surface area contributed by atoms with Crippen molar-refractivity contribution in [3.8, 4) is 32.8 Å². The molecule has 0 saturated heterocycles. The summed E-state index contributed by atoms with van der Waals surface area (Å²) in [5.41, 5.74) is 6.20. The first kappa shape index (κ1) is 16.9. The Bertz CT molecular complexity index is 1220. The molecule has 5 aromatic rings. The van der Waals surface area contributed by atoms with E-state index < -0.39 is 0 Å². The van der Waals surface area contributed by atoms with Gasteiger partial charge in [-0.25, -0.2) is 4.98 Å². The molecule has 0 aliphatic carbocycles. The average Bonchev–Trinajstić information content (AvgIpc) is 3.33. The Morgan fingerprint density at radius 3 is 1.93 bits per heavy atom. The highest BCUT2D eigenvalue weighted by atomic mass is 32.1. The van der Waals surface area contributed by atoms with Crippen LogP contribution in [0.2, 0.25) is 0 Å². The third-order valence-corrected chi connectivity index (χ3v) is 5.93. The van der Waals surface area contributed by atoms with Gasteiger partial charge in [0.2, 0.25) is 0 Å². The van der Waals surface area contributed by atoms with Gasteiger partial charge in [0.1, 0.15) is 0 Å². The van der Waals surface area contributed by atoms with Crippen molar-refractivity contribution < 1.29 is 5.11 Å². The molecule has 136 valence electrons. The Balaban J connectivity index is 1.55.